The fourth-order valence-electron chi connectivity index (χ4n) is 2.94. The average molecular weight is 248 g/mol. The van der Waals surface area contributed by atoms with Gasteiger partial charge in [0.2, 0.25) is 0 Å². The van der Waals surface area contributed by atoms with Crippen molar-refractivity contribution in [2.45, 2.75) is 40.7 Å². The fraction of sp³-hybridized carbons (Fsp3) is 0.625. The van der Waals surface area contributed by atoms with Gasteiger partial charge in [0.05, 0.1) is 0 Å². The third-order valence-electron chi connectivity index (χ3n) is 3.83. The molecule has 0 aromatic heterocycles. The molecule has 2 nitrogen and oxygen atoms in total. The van der Waals surface area contributed by atoms with E-state index >= 15 is 0 Å². The predicted octanol–water partition coefficient (Wildman–Crippen LogP) is 3.10. The van der Waals surface area contributed by atoms with Crippen LogP contribution in [-0.2, 0) is 0 Å². The lowest BCUT2D eigenvalue weighted by molar-refractivity contribution is 0.313. The fourth-order valence-corrected chi connectivity index (χ4v) is 2.94. The highest BCUT2D eigenvalue weighted by Gasteiger charge is 2.24. The number of benzene rings is 1. The van der Waals surface area contributed by atoms with Crippen molar-refractivity contribution < 1.29 is 0 Å². The maximum atomic E-state index is 6.54. The molecule has 1 aromatic carbocycles. The van der Waals surface area contributed by atoms with Gasteiger partial charge in [0.1, 0.15) is 0 Å². The van der Waals surface area contributed by atoms with E-state index in [1.807, 2.05) is 7.05 Å². The van der Waals surface area contributed by atoms with Gasteiger partial charge in [-0.15, -0.1) is 0 Å². The summed E-state index contributed by atoms with van der Waals surface area (Å²) in [5.41, 5.74) is 11.8. The van der Waals surface area contributed by atoms with Crippen LogP contribution >= 0.6 is 0 Å². The second-order valence-corrected chi connectivity index (χ2v) is 5.80. The summed E-state index contributed by atoms with van der Waals surface area (Å²) in [7, 11) is 2.00. The van der Waals surface area contributed by atoms with E-state index in [1.165, 1.54) is 22.3 Å². The van der Waals surface area contributed by atoms with Crippen molar-refractivity contribution in [3.8, 4) is 0 Å². The number of aryl methyl sites for hydroxylation is 3. The van der Waals surface area contributed by atoms with Gasteiger partial charge in [-0.05, 0) is 62.9 Å². The van der Waals surface area contributed by atoms with E-state index in [0.29, 0.717) is 11.8 Å². The van der Waals surface area contributed by atoms with E-state index < -0.39 is 0 Å². The van der Waals surface area contributed by atoms with Crippen LogP contribution in [0.1, 0.15) is 42.1 Å². The van der Waals surface area contributed by atoms with E-state index in [9.17, 15) is 0 Å². The number of hydrogen-bond acceptors (Lipinski definition) is 2. The number of nitrogens with two attached hydrogens (primary N) is 1. The minimum absolute atomic E-state index is 0.109. The first kappa shape index (κ1) is 15.2. The molecule has 0 aliphatic carbocycles. The van der Waals surface area contributed by atoms with Crippen LogP contribution in [0.2, 0.25) is 0 Å². The van der Waals surface area contributed by atoms with E-state index in [4.69, 9.17) is 5.73 Å². The zero-order chi connectivity index (χ0) is 13.9. The molecule has 0 saturated carbocycles. The zero-order valence-corrected chi connectivity index (χ0v) is 12.7. The van der Waals surface area contributed by atoms with Crippen LogP contribution in [0.4, 0.5) is 0 Å². The van der Waals surface area contributed by atoms with Crippen molar-refractivity contribution in [1.29, 1.82) is 0 Å². The highest BCUT2D eigenvalue weighted by molar-refractivity contribution is 5.39. The summed E-state index contributed by atoms with van der Waals surface area (Å²) in [6.07, 6.45) is 0. The third-order valence-corrected chi connectivity index (χ3v) is 3.83. The van der Waals surface area contributed by atoms with Gasteiger partial charge in [-0.2, -0.15) is 0 Å². The first-order valence-corrected chi connectivity index (χ1v) is 6.86. The lowest BCUT2D eigenvalue weighted by Crippen LogP contribution is -2.34. The van der Waals surface area contributed by atoms with Gasteiger partial charge in [0.15, 0.2) is 0 Å². The normalized spacial score (nSPS) is 14.9. The maximum absolute atomic E-state index is 6.54. The number of hydrogen-bond donors (Lipinski definition) is 2. The van der Waals surface area contributed by atoms with E-state index in [0.717, 1.165) is 6.54 Å². The molecule has 0 amide bonds. The highest BCUT2D eigenvalue weighted by atomic mass is 14.8. The molecule has 0 saturated heterocycles. The lowest BCUT2D eigenvalue weighted by atomic mass is 9.81. The van der Waals surface area contributed by atoms with Crippen molar-refractivity contribution in [1.82, 2.24) is 5.32 Å². The Morgan fingerprint density at radius 1 is 1.11 bits per heavy atom. The summed E-state index contributed by atoms with van der Waals surface area (Å²) >= 11 is 0. The molecular formula is C16H28N2. The van der Waals surface area contributed by atoms with Crippen LogP contribution in [0.5, 0.6) is 0 Å². The standard InChI is InChI=1S/C16H28N2/c1-10(2)14(9-18-6)16(17)15-12(4)7-11(3)8-13(15)5/h7-8,10,14,16,18H,9,17H2,1-6H3. The molecule has 102 valence electrons. The molecule has 2 heteroatoms. The Morgan fingerprint density at radius 2 is 1.61 bits per heavy atom. The summed E-state index contributed by atoms with van der Waals surface area (Å²) in [5.74, 6) is 1.04. The second-order valence-electron chi connectivity index (χ2n) is 5.80. The van der Waals surface area contributed by atoms with Crippen LogP contribution in [0.15, 0.2) is 12.1 Å². The molecule has 0 bridgehead atoms. The molecule has 0 radical (unpaired) electrons. The Balaban J connectivity index is 3.12. The van der Waals surface area contributed by atoms with Crippen LogP contribution in [0.25, 0.3) is 0 Å². The van der Waals surface area contributed by atoms with Crippen LogP contribution < -0.4 is 11.1 Å². The summed E-state index contributed by atoms with van der Waals surface area (Å²) < 4.78 is 0. The van der Waals surface area contributed by atoms with Gasteiger partial charge < -0.3 is 11.1 Å². The summed E-state index contributed by atoms with van der Waals surface area (Å²) in [6.45, 7) is 12.0. The van der Waals surface area contributed by atoms with E-state index in [1.54, 1.807) is 0 Å². The minimum Gasteiger partial charge on any atom is -0.324 e. The van der Waals surface area contributed by atoms with Crippen molar-refractivity contribution >= 4 is 0 Å². The third kappa shape index (κ3) is 3.33. The highest BCUT2D eigenvalue weighted by Crippen LogP contribution is 2.30. The maximum Gasteiger partial charge on any atom is 0.0343 e. The number of rotatable bonds is 5. The Morgan fingerprint density at radius 3 is 2.00 bits per heavy atom. The average Bonchev–Trinajstić information content (AvgIpc) is 2.23. The molecule has 3 N–H and O–H groups in total. The first-order chi connectivity index (χ1) is 8.38. The molecule has 0 fully saturated rings. The van der Waals surface area contributed by atoms with Crippen molar-refractivity contribution in [3.63, 3.8) is 0 Å². The topological polar surface area (TPSA) is 38.0 Å². The molecule has 0 aliphatic rings. The van der Waals surface area contributed by atoms with Gasteiger partial charge in [-0.3, -0.25) is 0 Å². The minimum atomic E-state index is 0.109. The Hall–Kier alpha value is -0.860. The SMILES string of the molecule is CNCC(C(C)C)C(N)c1c(C)cc(C)cc1C. The number of nitrogens with one attached hydrogen (secondary N) is 1. The van der Waals surface area contributed by atoms with Gasteiger partial charge >= 0.3 is 0 Å². The Kier molecular flexibility index (Phi) is 5.36. The molecule has 0 heterocycles. The monoisotopic (exact) mass is 248 g/mol. The molecule has 18 heavy (non-hydrogen) atoms. The van der Waals surface area contributed by atoms with Gasteiger partial charge in [0, 0.05) is 6.04 Å². The Labute approximate surface area is 112 Å². The second kappa shape index (κ2) is 6.35. The quantitative estimate of drug-likeness (QED) is 0.840. The molecule has 1 aromatic rings. The van der Waals surface area contributed by atoms with Crippen LogP contribution in [0, 0.1) is 32.6 Å². The molecular weight excluding hydrogens is 220 g/mol. The Bertz CT molecular complexity index is 373. The molecule has 0 aliphatic heterocycles. The molecule has 2 atom stereocenters. The van der Waals surface area contributed by atoms with Crippen molar-refractivity contribution in [2.24, 2.45) is 17.6 Å². The van der Waals surface area contributed by atoms with Crippen LogP contribution in [-0.4, -0.2) is 13.6 Å². The summed E-state index contributed by atoms with van der Waals surface area (Å²) in [6, 6.07) is 4.58. The van der Waals surface area contributed by atoms with Crippen molar-refractivity contribution in [2.75, 3.05) is 13.6 Å². The van der Waals surface area contributed by atoms with Crippen molar-refractivity contribution in [3.05, 3.63) is 34.4 Å². The van der Waals surface area contributed by atoms with Gasteiger partial charge in [-0.1, -0.05) is 31.5 Å². The largest absolute Gasteiger partial charge is 0.324 e. The van der Waals surface area contributed by atoms with E-state index in [2.05, 4.69) is 52.1 Å². The summed E-state index contributed by atoms with van der Waals surface area (Å²) in [5, 5.41) is 3.27. The smallest absolute Gasteiger partial charge is 0.0343 e. The van der Waals surface area contributed by atoms with E-state index in [-0.39, 0.29) is 6.04 Å². The lowest BCUT2D eigenvalue weighted by Gasteiger charge is -2.30. The molecule has 1 rings (SSSR count). The van der Waals surface area contributed by atoms with Gasteiger partial charge in [-0.25, -0.2) is 0 Å². The zero-order valence-electron chi connectivity index (χ0n) is 12.7. The molecule has 2 unspecified atom stereocenters. The predicted molar refractivity (Wildman–Crippen MR) is 79.8 cm³/mol. The first-order valence-electron chi connectivity index (χ1n) is 6.86. The summed E-state index contributed by atoms with van der Waals surface area (Å²) in [4.78, 5) is 0. The van der Waals surface area contributed by atoms with Gasteiger partial charge in [0.25, 0.3) is 0 Å². The van der Waals surface area contributed by atoms with Crippen LogP contribution in [0.3, 0.4) is 0 Å². The molecule has 0 spiro atoms.